The van der Waals surface area contributed by atoms with Gasteiger partial charge < -0.3 is 9.84 Å². The van der Waals surface area contributed by atoms with Crippen LogP contribution in [0.1, 0.15) is 57.1 Å². The maximum Gasteiger partial charge on any atom is 0.348 e. The summed E-state index contributed by atoms with van der Waals surface area (Å²) in [5, 5.41) is 15.6. The summed E-state index contributed by atoms with van der Waals surface area (Å²) in [4.78, 5) is 24.4. The van der Waals surface area contributed by atoms with Crippen LogP contribution in [0.25, 0.3) is 0 Å². The van der Waals surface area contributed by atoms with Crippen LogP contribution in [0.5, 0.6) is 5.75 Å². The van der Waals surface area contributed by atoms with Gasteiger partial charge in [-0.05, 0) is 89.1 Å². The van der Waals surface area contributed by atoms with Crippen molar-refractivity contribution in [3.63, 3.8) is 0 Å². The summed E-state index contributed by atoms with van der Waals surface area (Å²) in [6.45, 7) is 5.89. The van der Waals surface area contributed by atoms with Crippen LogP contribution in [0.3, 0.4) is 0 Å². The van der Waals surface area contributed by atoms with Gasteiger partial charge in [0.05, 0.1) is 16.8 Å². The predicted octanol–water partition coefficient (Wildman–Crippen LogP) is 5.13. The fourth-order valence-electron chi connectivity index (χ4n) is 4.17. The molecule has 1 fully saturated rings. The lowest BCUT2D eigenvalue weighted by molar-refractivity contribution is -0.163. The molecule has 4 rings (SSSR count). The van der Waals surface area contributed by atoms with E-state index in [4.69, 9.17) is 4.74 Å². The fourth-order valence-corrected chi connectivity index (χ4v) is 4.17. The first-order valence-electron chi connectivity index (χ1n) is 11.2. The number of hydrogen-bond acceptors (Lipinski definition) is 4. The van der Waals surface area contributed by atoms with Crippen molar-refractivity contribution >= 4 is 23.3 Å². The number of anilines is 1. The highest BCUT2D eigenvalue weighted by Crippen LogP contribution is 2.37. The standard InChI is InChI=1S/C26H30N2O4/c1-18-8-12-20(13-9-18)28-23(29)25(2,3)22(27-28)7-4-6-19-10-14-21(15-11-19)32-26(24(30)31)16-5-17-26/h8-15H,4-7,16-17H2,1-3H3,(H,30,31). The average Bonchev–Trinajstić information content (AvgIpc) is 2.96. The highest BCUT2D eigenvalue weighted by molar-refractivity contribution is 6.18. The Morgan fingerprint density at radius 1 is 1.06 bits per heavy atom. The van der Waals surface area contributed by atoms with Gasteiger partial charge in [-0.1, -0.05) is 29.8 Å². The zero-order chi connectivity index (χ0) is 22.9. The van der Waals surface area contributed by atoms with Crippen LogP contribution in [0.2, 0.25) is 0 Å². The lowest BCUT2D eigenvalue weighted by Crippen LogP contribution is -2.50. The van der Waals surface area contributed by atoms with Gasteiger partial charge in [0.2, 0.25) is 5.60 Å². The summed E-state index contributed by atoms with van der Waals surface area (Å²) in [6, 6.07) is 15.5. The van der Waals surface area contributed by atoms with Crippen LogP contribution in [-0.2, 0) is 16.0 Å². The zero-order valence-corrected chi connectivity index (χ0v) is 18.9. The molecule has 0 unspecified atom stereocenters. The van der Waals surface area contributed by atoms with E-state index >= 15 is 0 Å². The molecule has 0 radical (unpaired) electrons. The summed E-state index contributed by atoms with van der Waals surface area (Å²) < 4.78 is 5.78. The number of rotatable bonds is 8. The average molecular weight is 435 g/mol. The Hall–Kier alpha value is -3.15. The summed E-state index contributed by atoms with van der Waals surface area (Å²) >= 11 is 0. The molecule has 0 atom stereocenters. The predicted molar refractivity (Wildman–Crippen MR) is 124 cm³/mol. The maximum absolute atomic E-state index is 12.9. The maximum atomic E-state index is 12.9. The molecule has 1 amide bonds. The van der Waals surface area contributed by atoms with Gasteiger partial charge in [0.25, 0.3) is 5.91 Å². The van der Waals surface area contributed by atoms with Crippen LogP contribution < -0.4 is 9.75 Å². The van der Waals surface area contributed by atoms with Crippen molar-refractivity contribution in [3.8, 4) is 5.75 Å². The van der Waals surface area contributed by atoms with Crippen molar-refractivity contribution in [2.45, 2.75) is 64.9 Å². The number of hydrazone groups is 1. The summed E-state index contributed by atoms with van der Waals surface area (Å²) in [5.41, 5.74) is 2.32. The van der Waals surface area contributed by atoms with E-state index in [0.29, 0.717) is 18.6 Å². The number of carbonyl (C=O) groups excluding carboxylic acids is 1. The first-order chi connectivity index (χ1) is 15.2. The van der Waals surface area contributed by atoms with Gasteiger partial charge in [-0.3, -0.25) is 4.79 Å². The van der Waals surface area contributed by atoms with Crippen LogP contribution in [0.4, 0.5) is 5.69 Å². The highest BCUT2D eigenvalue weighted by atomic mass is 16.5. The van der Waals surface area contributed by atoms with E-state index in [2.05, 4.69) is 5.10 Å². The molecule has 6 heteroatoms. The molecule has 6 nitrogen and oxygen atoms in total. The van der Waals surface area contributed by atoms with Gasteiger partial charge in [-0.2, -0.15) is 5.10 Å². The number of ether oxygens (including phenoxy) is 1. The lowest BCUT2D eigenvalue weighted by Gasteiger charge is -2.37. The molecule has 1 heterocycles. The minimum absolute atomic E-state index is 0.00112. The Kier molecular flexibility index (Phi) is 5.80. The molecule has 0 bridgehead atoms. The zero-order valence-electron chi connectivity index (χ0n) is 18.9. The molecule has 1 aliphatic carbocycles. The minimum atomic E-state index is -1.05. The van der Waals surface area contributed by atoms with Crippen molar-refractivity contribution in [2.24, 2.45) is 10.5 Å². The third kappa shape index (κ3) is 4.14. The number of carbonyl (C=O) groups is 2. The molecule has 2 aliphatic rings. The quantitative estimate of drug-likeness (QED) is 0.624. The van der Waals surface area contributed by atoms with Crippen molar-refractivity contribution < 1.29 is 19.4 Å². The molecular formula is C26H30N2O4. The SMILES string of the molecule is Cc1ccc(N2N=C(CCCc3ccc(OC4(C(=O)O)CCC4)cc3)C(C)(C)C2=O)cc1. The monoisotopic (exact) mass is 434 g/mol. The molecule has 168 valence electrons. The number of nitrogens with zero attached hydrogens (tertiary/aromatic N) is 2. The summed E-state index contributed by atoms with van der Waals surface area (Å²) in [6.07, 6.45) is 4.45. The highest BCUT2D eigenvalue weighted by Gasteiger charge is 2.47. The molecule has 0 spiro atoms. The lowest BCUT2D eigenvalue weighted by atomic mass is 9.80. The van der Waals surface area contributed by atoms with Gasteiger partial charge in [-0.15, -0.1) is 0 Å². The number of carboxylic acid groups (broad SMARTS) is 1. The van der Waals surface area contributed by atoms with Gasteiger partial charge in [0, 0.05) is 0 Å². The van der Waals surface area contributed by atoms with Gasteiger partial charge >= 0.3 is 5.97 Å². The number of hydrogen-bond donors (Lipinski definition) is 1. The Balaban J connectivity index is 1.36. The van der Waals surface area contributed by atoms with Gasteiger partial charge in [0.15, 0.2) is 0 Å². The second-order valence-corrected chi connectivity index (χ2v) is 9.38. The van der Waals surface area contributed by atoms with Crippen LogP contribution in [0.15, 0.2) is 53.6 Å². The first-order valence-corrected chi connectivity index (χ1v) is 11.2. The summed E-state index contributed by atoms with van der Waals surface area (Å²) in [7, 11) is 0. The molecule has 1 saturated carbocycles. The topological polar surface area (TPSA) is 79.2 Å². The molecule has 2 aromatic carbocycles. The van der Waals surface area contributed by atoms with Crippen LogP contribution >= 0.6 is 0 Å². The minimum Gasteiger partial charge on any atom is -0.478 e. The largest absolute Gasteiger partial charge is 0.478 e. The van der Waals surface area contributed by atoms with Crippen molar-refractivity contribution in [3.05, 3.63) is 59.7 Å². The third-order valence-electron chi connectivity index (χ3n) is 6.61. The number of benzene rings is 2. The van der Waals surface area contributed by atoms with E-state index < -0.39 is 17.0 Å². The van der Waals surface area contributed by atoms with E-state index in [1.807, 2.05) is 69.3 Å². The third-order valence-corrected chi connectivity index (χ3v) is 6.61. The van der Waals surface area contributed by atoms with E-state index in [0.717, 1.165) is 48.2 Å². The van der Waals surface area contributed by atoms with E-state index in [1.165, 1.54) is 5.01 Å². The molecule has 1 aliphatic heterocycles. The number of aryl methyl sites for hydroxylation is 2. The van der Waals surface area contributed by atoms with Crippen molar-refractivity contribution in [1.29, 1.82) is 0 Å². The molecule has 32 heavy (non-hydrogen) atoms. The summed E-state index contributed by atoms with van der Waals surface area (Å²) in [5.74, 6) is -0.292. The first kappa shape index (κ1) is 22.1. The molecule has 0 aromatic heterocycles. The number of aliphatic carboxylic acids is 1. The molecule has 0 saturated heterocycles. The van der Waals surface area contributed by atoms with E-state index in [-0.39, 0.29) is 5.91 Å². The molecule has 2 aromatic rings. The van der Waals surface area contributed by atoms with E-state index in [9.17, 15) is 14.7 Å². The van der Waals surface area contributed by atoms with Crippen molar-refractivity contribution in [1.82, 2.24) is 0 Å². The Morgan fingerprint density at radius 3 is 2.28 bits per heavy atom. The van der Waals surface area contributed by atoms with Crippen LogP contribution in [-0.4, -0.2) is 28.3 Å². The van der Waals surface area contributed by atoms with Gasteiger partial charge in [0.1, 0.15) is 5.75 Å². The van der Waals surface area contributed by atoms with Crippen LogP contribution in [0, 0.1) is 12.3 Å². The second-order valence-electron chi connectivity index (χ2n) is 9.38. The number of amides is 1. The molecular weight excluding hydrogens is 404 g/mol. The molecule has 1 N–H and O–H groups in total. The fraction of sp³-hybridized carbons (Fsp3) is 0.423. The normalized spacial score (nSPS) is 18.8. The smallest absolute Gasteiger partial charge is 0.348 e. The second kappa shape index (κ2) is 8.41. The van der Waals surface area contributed by atoms with Crippen molar-refractivity contribution in [2.75, 3.05) is 5.01 Å². The Labute approximate surface area is 188 Å². The number of carboxylic acids is 1. The Morgan fingerprint density at radius 2 is 1.72 bits per heavy atom. The van der Waals surface area contributed by atoms with E-state index in [1.54, 1.807) is 0 Å². The van der Waals surface area contributed by atoms with Gasteiger partial charge in [-0.25, -0.2) is 9.80 Å². The Bertz CT molecular complexity index is 1030.